The van der Waals surface area contributed by atoms with Gasteiger partial charge in [0.25, 0.3) is 5.91 Å². The summed E-state index contributed by atoms with van der Waals surface area (Å²) in [5.74, 6) is 0.837. The van der Waals surface area contributed by atoms with Crippen molar-refractivity contribution < 1.29 is 18.8 Å². The van der Waals surface area contributed by atoms with Crippen molar-refractivity contribution in [3.05, 3.63) is 41.7 Å². The maximum Gasteiger partial charge on any atom is 0.251 e. The fourth-order valence-corrected chi connectivity index (χ4v) is 1.62. The molecule has 0 aliphatic heterocycles. The molecule has 0 saturated heterocycles. The second-order valence-electron chi connectivity index (χ2n) is 4.28. The number of aromatic nitrogens is 1. The van der Waals surface area contributed by atoms with Crippen LogP contribution in [0.3, 0.4) is 0 Å². The molecule has 0 fully saturated rings. The highest BCUT2D eigenvalue weighted by molar-refractivity contribution is 5.99. The monoisotopic (exact) mass is 289 g/mol. The first-order chi connectivity index (χ1) is 10.1. The zero-order valence-corrected chi connectivity index (χ0v) is 11.7. The Morgan fingerprint density at radius 3 is 2.57 bits per heavy atom. The first kappa shape index (κ1) is 14.6. The van der Waals surface area contributed by atoms with Crippen LogP contribution in [0.25, 0.3) is 0 Å². The molecule has 1 heterocycles. The second-order valence-corrected chi connectivity index (χ2v) is 4.28. The van der Waals surface area contributed by atoms with Gasteiger partial charge in [-0.25, -0.2) is 0 Å². The number of benzene rings is 1. The molecule has 1 aromatic carbocycles. The molecule has 0 aliphatic rings. The van der Waals surface area contributed by atoms with E-state index in [2.05, 4.69) is 15.8 Å². The maximum atomic E-state index is 11.8. The normalized spacial score (nSPS) is 10.0. The quantitative estimate of drug-likeness (QED) is 0.866. The van der Waals surface area contributed by atoms with Crippen molar-refractivity contribution in [2.24, 2.45) is 0 Å². The number of anilines is 1. The van der Waals surface area contributed by atoms with E-state index in [-0.39, 0.29) is 18.4 Å². The fraction of sp³-hybridized carbons (Fsp3) is 0.214. The van der Waals surface area contributed by atoms with Crippen LogP contribution in [-0.4, -0.2) is 30.6 Å². The average Bonchev–Trinajstić information content (AvgIpc) is 2.90. The number of aryl methyl sites for hydroxylation is 1. The molecule has 0 bridgehead atoms. The van der Waals surface area contributed by atoms with Crippen LogP contribution in [0.5, 0.6) is 5.75 Å². The molecule has 1 aromatic heterocycles. The van der Waals surface area contributed by atoms with Gasteiger partial charge in [-0.1, -0.05) is 5.16 Å². The van der Waals surface area contributed by atoms with E-state index < -0.39 is 0 Å². The first-order valence-corrected chi connectivity index (χ1v) is 6.24. The number of nitrogens with one attached hydrogen (secondary N) is 2. The third-order valence-corrected chi connectivity index (χ3v) is 2.66. The van der Waals surface area contributed by atoms with E-state index in [0.29, 0.717) is 22.9 Å². The van der Waals surface area contributed by atoms with E-state index >= 15 is 0 Å². The Bertz CT molecular complexity index is 634. The summed E-state index contributed by atoms with van der Waals surface area (Å²) in [4.78, 5) is 23.5. The van der Waals surface area contributed by atoms with Crippen LogP contribution < -0.4 is 15.4 Å². The van der Waals surface area contributed by atoms with E-state index in [1.165, 1.54) is 0 Å². The Morgan fingerprint density at radius 2 is 2.00 bits per heavy atom. The van der Waals surface area contributed by atoms with Gasteiger partial charge in [0.05, 0.1) is 13.7 Å². The molecule has 2 aromatic rings. The Kier molecular flexibility index (Phi) is 4.55. The van der Waals surface area contributed by atoms with Gasteiger partial charge in [0.15, 0.2) is 5.82 Å². The minimum Gasteiger partial charge on any atom is -0.497 e. The lowest BCUT2D eigenvalue weighted by molar-refractivity contribution is -0.115. The number of carbonyl (C=O) groups is 2. The molecule has 0 saturated carbocycles. The molecule has 2 amide bonds. The number of amides is 2. The molecule has 0 spiro atoms. The average molecular weight is 289 g/mol. The number of hydrogen-bond donors (Lipinski definition) is 2. The summed E-state index contributed by atoms with van der Waals surface area (Å²) >= 11 is 0. The van der Waals surface area contributed by atoms with Gasteiger partial charge in [-0.15, -0.1) is 0 Å². The summed E-state index contributed by atoms with van der Waals surface area (Å²) in [6, 6.07) is 8.17. The minimum absolute atomic E-state index is 0.156. The third-order valence-electron chi connectivity index (χ3n) is 2.66. The Labute approximate surface area is 121 Å². The molecule has 2 N–H and O–H groups in total. The SMILES string of the molecule is COc1ccc(C(=O)NCC(=O)Nc2cc(C)on2)cc1. The van der Waals surface area contributed by atoms with E-state index in [4.69, 9.17) is 9.26 Å². The molecule has 110 valence electrons. The largest absolute Gasteiger partial charge is 0.497 e. The van der Waals surface area contributed by atoms with Gasteiger partial charge in [-0.3, -0.25) is 9.59 Å². The summed E-state index contributed by atoms with van der Waals surface area (Å²) in [6.45, 7) is 1.56. The highest BCUT2D eigenvalue weighted by atomic mass is 16.5. The number of nitrogens with zero attached hydrogens (tertiary/aromatic N) is 1. The number of ether oxygens (including phenoxy) is 1. The lowest BCUT2D eigenvalue weighted by atomic mass is 10.2. The molecule has 7 nitrogen and oxygen atoms in total. The molecule has 7 heteroatoms. The van der Waals surface area contributed by atoms with Crippen molar-refractivity contribution >= 4 is 17.6 Å². The number of methoxy groups -OCH3 is 1. The highest BCUT2D eigenvalue weighted by Crippen LogP contribution is 2.11. The minimum atomic E-state index is -0.384. The van der Waals surface area contributed by atoms with Crippen LogP contribution in [0.15, 0.2) is 34.9 Å². The van der Waals surface area contributed by atoms with Gasteiger partial charge in [-0.2, -0.15) is 0 Å². The molecular formula is C14H15N3O4. The lowest BCUT2D eigenvalue weighted by Crippen LogP contribution is -2.32. The summed E-state index contributed by atoms with van der Waals surface area (Å²) < 4.78 is 9.82. The topological polar surface area (TPSA) is 93.5 Å². The van der Waals surface area contributed by atoms with Crippen LogP contribution in [0, 0.1) is 6.92 Å². The third kappa shape index (κ3) is 4.07. The van der Waals surface area contributed by atoms with Gasteiger partial charge in [0.1, 0.15) is 11.5 Å². The number of carbonyl (C=O) groups excluding carboxylic acids is 2. The molecular weight excluding hydrogens is 274 g/mol. The van der Waals surface area contributed by atoms with Crippen molar-refractivity contribution in [2.75, 3.05) is 19.0 Å². The van der Waals surface area contributed by atoms with Crippen LogP contribution >= 0.6 is 0 Å². The highest BCUT2D eigenvalue weighted by Gasteiger charge is 2.09. The van der Waals surface area contributed by atoms with Crippen LogP contribution in [-0.2, 0) is 4.79 Å². The van der Waals surface area contributed by atoms with Gasteiger partial charge >= 0.3 is 0 Å². The molecule has 0 aliphatic carbocycles. The van der Waals surface area contributed by atoms with Crippen LogP contribution in [0.2, 0.25) is 0 Å². The van der Waals surface area contributed by atoms with E-state index in [1.807, 2.05) is 0 Å². The van der Waals surface area contributed by atoms with Crippen molar-refractivity contribution in [2.45, 2.75) is 6.92 Å². The predicted octanol–water partition coefficient (Wildman–Crippen LogP) is 1.36. The molecule has 21 heavy (non-hydrogen) atoms. The van der Waals surface area contributed by atoms with Crippen molar-refractivity contribution in [3.8, 4) is 5.75 Å². The van der Waals surface area contributed by atoms with E-state index in [0.717, 1.165) is 0 Å². The molecule has 0 radical (unpaired) electrons. The van der Waals surface area contributed by atoms with E-state index in [9.17, 15) is 9.59 Å². The van der Waals surface area contributed by atoms with Gasteiger partial charge < -0.3 is 19.9 Å². The van der Waals surface area contributed by atoms with Crippen molar-refractivity contribution in [1.82, 2.24) is 10.5 Å². The standard InChI is InChI=1S/C14H15N3O4/c1-9-7-12(17-21-9)16-13(18)8-15-14(19)10-3-5-11(20-2)6-4-10/h3-7H,8H2,1-2H3,(H,15,19)(H,16,17,18). The zero-order valence-electron chi connectivity index (χ0n) is 11.7. The van der Waals surface area contributed by atoms with Crippen LogP contribution in [0.4, 0.5) is 5.82 Å². The molecule has 0 atom stereocenters. The molecule has 0 unspecified atom stereocenters. The number of rotatable bonds is 5. The Morgan fingerprint density at radius 1 is 1.29 bits per heavy atom. The number of hydrogen-bond acceptors (Lipinski definition) is 5. The fourth-order valence-electron chi connectivity index (χ4n) is 1.62. The maximum absolute atomic E-state index is 11.8. The van der Waals surface area contributed by atoms with Crippen LogP contribution in [0.1, 0.15) is 16.1 Å². The predicted molar refractivity (Wildman–Crippen MR) is 75.2 cm³/mol. The first-order valence-electron chi connectivity index (χ1n) is 6.24. The van der Waals surface area contributed by atoms with Crippen molar-refractivity contribution in [3.63, 3.8) is 0 Å². The Balaban J connectivity index is 1.83. The summed E-state index contributed by atoms with van der Waals surface area (Å²) in [6.07, 6.45) is 0. The lowest BCUT2D eigenvalue weighted by Gasteiger charge is -2.05. The summed E-state index contributed by atoms with van der Waals surface area (Å²) in [5.41, 5.74) is 0.445. The molecule has 2 rings (SSSR count). The summed E-state index contributed by atoms with van der Waals surface area (Å²) in [7, 11) is 1.55. The van der Waals surface area contributed by atoms with Gasteiger partial charge in [0.2, 0.25) is 5.91 Å². The van der Waals surface area contributed by atoms with Crippen molar-refractivity contribution in [1.29, 1.82) is 0 Å². The van der Waals surface area contributed by atoms with E-state index in [1.54, 1.807) is 44.4 Å². The smallest absolute Gasteiger partial charge is 0.251 e. The second kappa shape index (κ2) is 6.56. The summed E-state index contributed by atoms with van der Waals surface area (Å²) in [5, 5.41) is 8.65. The van der Waals surface area contributed by atoms with Gasteiger partial charge in [-0.05, 0) is 31.2 Å². The van der Waals surface area contributed by atoms with Gasteiger partial charge in [0, 0.05) is 11.6 Å². The zero-order chi connectivity index (χ0) is 15.2. The Hall–Kier alpha value is -2.83.